The van der Waals surface area contributed by atoms with Gasteiger partial charge in [-0.2, -0.15) is 17.6 Å². The molecule has 0 saturated carbocycles. The van der Waals surface area contributed by atoms with Gasteiger partial charge < -0.3 is 0 Å². The van der Waals surface area contributed by atoms with E-state index in [9.17, 15) is 22.0 Å². The van der Waals surface area contributed by atoms with Gasteiger partial charge in [0.15, 0.2) is 0 Å². The molecule has 0 N–H and O–H groups in total. The average molecular weight is 294 g/mol. The van der Waals surface area contributed by atoms with Crippen molar-refractivity contribution in [2.75, 3.05) is 0 Å². The Labute approximate surface area is 108 Å². The molecule has 1 atom stereocenters. The highest BCUT2D eigenvalue weighted by Crippen LogP contribution is 2.40. The van der Waals surface area contributed by atoms with E-state index >= 15 is 0 Å². The van der Waals surface area contributed by atoms with Crippen molar-refractivity contribution in [3.8, 4) is 10.6 Å². The van der Waals surface area contributed by atoms with E-state index in [0.29, 0.717) is 11.3 Å². The number of hydrogen-bond donors (Lipinski definition) is 0. The van der Waals surface area contributed by atoms with E-state index in [1.165, 1.54) is 6.20 Å². The fourth-order valence-electron chi connectivity index (χ4n) is 1.38. The molecule has 1 unspecified atom stereocenters. The van der Waals surface area contributed by atoms with Gasteiger partial charge >= 0.3 is 6.18 Å². The van der Waals surface area contributed by atoms with Crippen molar-refractivity contribution in [1.82, 2.24) is 9.97 Å². The lowest BCUT2D eigenvalue weighted by Crippen LogP contribution is -2.17. The van der Waals surface area contributed by atoms with E-state index in [1.54, 1.807) is 0 Å². The van der Waals surface area contributed by atoms with Gasteiger partial charge in [0.1, 0.15) is 10.8 Å². The van der Waals surface area contributed by atoms with Crippen molar-refractivity contribution in [1.29, 1.82) is 0 Å². The quantitative estimate of drug-likeness (QED) is 0.778. The fourth-order valence-corrected chi connectivity index (χ4v) is 2.39. The van der Waals surface area contributed by atoms with E-state index in [1.807, 2.05) is 0 Å². The van der Waals surface area contributed by atoms with Crippen LogP contribution < -0.4 is 0 Å². The minimum Gasteiger partial charge on any atom is -0.261 e. The summed E-state index contributed by atoms with van der Waals surface area (Å²) in [6.07, 6.45) is -2.40. The van der Waals surface area contributed by atoms with Crippen LogP contribution in [0.5, 0.6) is 0 Å². The molecule has 2 rings (SSSR count). The Balaban J connectivity index is 2.42. The number of halogens is 5. The maximum absolute atomic E-state index is 13.5. The zero-order chi connectivity index (χ0) is 14.2. The lowest BCUT2D eigenvalue weighted by molar-refractivity contribution is -0.146. The Morgan fingerprint density at radius 1 is 1.21 bits per heavy atom. The number of thiazole rings is 1. The maximum Gasteiger partial charge on any atom is 0.396 e. The minimum atomic E-state index is -4.55. The van der Waals surface area contributed by atoms with Gasteiger partial charge in [-0.25, -0.2) is 9.37 Å². The first-order valence-corrected chi connectivity index (χ1v) is 5.94. The van der Waals surface area contributed by atoms with E-state index in [4.69, 9.17) is 0 Å². The molecule has 0 spiro atoms. The molecule has 0 fully saturated rings. The molecular formula is C11H7F5N2S. The van der Waals surface area contributed by atoms with Crippen LogP contribution in [0, 0.1) is 11.8 Å². The molecule has 2 nitrogen and oxygen atoms in total. The van der Waals surface area contributed by atoms with Gasteiger partial charge in [0, 0.05) is 11.8 Å². The van der Waals surface area contributed by atoms with Crippen LogP contribution in [0.1, 0.15) is 17.7 Å². The molecule has 0 aliphatic heterocycles. The molecule has 2 aromatic heterocycles. The molecule has 2 heterocycles. The molecule has 0 bridgehead atoms. The van der Waals surface area contributed by atoms with Gasteiger partial charge in [-0.05, 0) is 13.0 Å². The molecule has 2 aromatic rings. The number of aromatic nitrogens is 2. The van der Waals surface area contributed by atoms with E-state index < -0.39 is 28.7 Å². The smallest absolute Gasteiger partial charge is 0.261 e. The lowest BCUT2D eigenvalue weighted by Gasteiger charge is -2.12. The number of alkyl halides is 3. The molecule has 0 amide bonds. The third-order valence-electron chi connectivity index (χ3n) is 2.45. The Hall–Kier alpha value is -1.57. The summed E-state index contributed by atoms with van der Waals surface area (Å²) in [5, 5.41) is -0.0319. The predicted molar refractivity (Wildman–Crippen MR) is 59.7 cm³/mol. The summed E-state index contributed by atoms with van der Waals surface area (Å²) in [6, 6.07) is 1.04. The third-order valence-corrected chi connectivity index (χ3v) is 3.71. The summed E-state index contributed by atoms with van der Waals surface area (Å²) < 4.78 is 64.0. The predicted octanol–water partition coefficient (Wildman–Crippen LogP) is 4.15. The number of rotatable bonds is 2. The van der Waals surface area contributed by atoms with Crippen molar-refractivity contribution in [2.45, 2.75) is 19.0 Å². The standard InChI is InChI=1S/C11H7F5N2S/c1-5(11(14,15)16)8-9(13)18-10(19-8)6-2-7(12)4-17-3-6/h2-5H,1H3. The normalized spacial score (nSPS) is 13.6. The lowest BCUT2D eigenvalue weighted by atomic mass is 10.1. The van der Waals surface area contributed by atoms with E-state index in [0.717, 1.165) is 19.2 Å². The Kier molecular flexibility index (Phi) is 3.53. The summed E-state index contributed by atoms with van der Waals surface area (Å²) in [7, 11) is 0. The first-order valence-electron chi connectivity index (χ1n) is 5.13. The molecule has 0 aliphatic carbocycles. The molecule has 0 radical (unpaired) electrons. The summed E-state index contributed by atoms with van der Waals surface area (Å²) in [5.74, 6) is -3.81. The third kappa shape index (κ3) is 2.89. The number of nitrogens with zero attached hydrogens (tertiary/aromatic N) is 2. The molecule has 8 heteroatoms. The molecule has 0 aliphatic rings. The van der Waals surface area contributed by atoms with Crippen LogP contribution in [0.25, 0.3) is 10.6 Å². The van der Waals surface area contributed by atoms with Crippen LogP contribution in [0.3, 0.4) is 0 Å². The van der Waals surface area contributed by atoms with Crippen molar-refractivity contribution in [3.05, 3.63) is 35.1 Å². The summed E-state index contributed by atoms with van der Waals surface area (Å²) >= 11 is 0.543. The van der Waals surface area contributed by atoms with Gasteiger partial charge in [0.25, 0.3) is 0 Å². The van der Waals surface area contributed by atoms with Crippen molar-refractivity contribution < 1.29 is 22.0 Å². The van der Waals surface area contributed by atoms with Crippen molar-refractivity contribution in [2.24, 2.45) is 0 Å². The Bertz CT molecular complexity index is 593. The highest BCUT2D eigenvalue weighted by Gasteiger charge is 2.40. The SMILES string of the molecule is CC(c1sc(-c2cncc(F)c2)nc1F)C(F)(F)F. The summed E-state index contributed by atoms with van der Waals surface area (Å²) in [4.78, 5) is 6.42. The van der Waals surface area contributed by atoms with Crippen LogP contribution in [0.2, 0.25) is 0 Å². The second-order valence-corrected chi connectivity index (χ2v) is 4.86. The zero-order valence-corrected chi connectivity index (χ0v) is 10.3. The van der Waals surface area contributed by atoms with Gasteiger partial charge in [-0.1, -0.05) is 0 Å². The molecule has 0 aromatic carbocycles. The van der Waals surface area contributed by atoms with Crippen LogP contribution in [0.4, 0.5) is 22.0 Å². The van der Waals surface area contributed by atoms with Crippen molar-refractivity contribution in [3.63, 3.8) is 0 Å². The first kappa shape index (κ1) is 13.9. The largest absolute Gasteiger partial charge is 0.396 e. The second-order valence-electron chi connectivity index (χ2n) is 3.83. The minimum absolute atomic E-state index is 0.0319. The van der Waals surface area contributed by atoms with Crippen LogP contribution in [-0.4, -0.2) is 16.1 Å². The Morgan fingerprint density at radius 3 is 2.47 bits per heavy atom. The van der Waals surface area contributed by atoms with Crippen LogP contribution >= 0.6 is 11.3 Å². The number of hydrogen-bond acceptors (Lipinski definition) is 3. The maximum atomic E-state index is 13.5. The zero-order valence-electron chi connectivity index (χ0n) is 9.50. The van der Waals surface area contributed by atoms with Crippen LogP contribution in [-0.2, 0) is 0 Å². The topological polar surface area (TPSA) is 25.8 Å². The number of pyridine rings is 1. The fraction of sp³-hybridized carbons (Fsp3) is 0.273. The van der Waals surface area contributed by atoms with E-state index in [-0.39, 0.29) is 10.6 Å². The average Bonchev–Trinajstić information content (AvgIpc) is 2.69. The summed E-state index contributed by atoms with van der Waals surface area (Å²) in [6.45, 7) is 0.851. The summed E-state index contributed by atoms with van der Waals surface area (Å²) in [5.41, 5.74) is 0.143. The van der Waals surface area contributed by atoms with Gasteiger partial charge in [-0.15, -0.1) is 11.3 Å². The van der Waals surface area contributed by atoms with E-state index in [2.05, 4.69) is 9.97 Å². The molecule has 0 saturated heterocycles. The Morgan fingerprint density at radius 2 is 1.89 bits per heavy atom. The highest BCUT2D eigenvalue weighted by molar-refractivity contribution is 7.15. The van der Waals surface area contributed by atoms with Crippen molar-refractivity contribution >= 4 is 11.3 Å². The van der Waals surface area contributed by atoms with Gasteiger partial charge in [0.2, 0.25) is 5.95 Å². The monoisotopic (exact) mass is 294 g/mol. The second kappa shape index (κ2) is 4.84. The first-order chi connectivity index (χ1) is 8.79. The van der Waals surface area contributed by atoms with Gasteiger partial charge in [0.05, 0.1) is 17.0 Å². The van der Waals surface area contributed by atoms with Crippen LogP contribution in [0.15, 0.2) is 18.5 Å². The molecule has 19 heavy (non-hydrogen) atoms. The van der Waals surface area contributed by atoms with Gasteiger partial charge in [-0.3, -0.25) is 4.98 Å². The highest BCUT2D eigenvalue weighted by atomic mass is 32.1. The molecule has 102 valence electrons. The molecular weight excluding hydrogens is 287 g/mol.